The Labute approximate surface area is 184 Å². The zero-order valence-corrected chi connectivity index (χ0v) is 18.1. The number of ether oxygens (including phenoxy) is 1. The monoisotopic (exact) mass is 435 g/mol. The third-order valence-electron chi connectivity index (χ3n) is 4.92. The highest BCUT2D eigenvalue weighted by Crippen LogP contribution is 2.37. The second kappa shape index (κ2) is 9.18. The summed E-state index contributed by atoms with van der Waals surface area (Å²) in [6, 6.07) is 14.0. The predicted molar refractivity (Wildman–Crippen MR) is 123 cm³/mol. The number of halogens is 1. The molecule has 0 aliphatic carbocycles. The van der Waals surface area contributed by atoms with Crippen molar-refractivity contribution < 1.29 is 18.3 Å². The first-order valence-electron chi connectivity index (χ1n) is 9.98. The SMILES string of the molecule is CCOc1cc2occ(-c3ccc(F)cc3)c2cc1/C(C)=C/C(=O)NCc1cccs1. The first-order valence-corrected chi connectivity index (χ1v) is 10.9. The number of thiophene rings is 1. The quantitative estimate of drug-likeness (QED) is 0.341. The molecule has 0 fully saturated rings. The van der Waals surface area contributed by atoms with E-state index in [1.807, 2.05) is 43.5 Å². The molecule has 2 heterocycles. The molecule has 6 heteroatoms. The highest BCUT2D eigenvalue weighted by Gasteiger charge is 2.15. The van der Waals surface area contributed by atoms with Crippen molar-refractivity contribution in [1.29, 1.82) is 0 Å². The molecular weight excluding hydrogens is 413 g/mol. The van der Waals surface area contributed by atoms with Gasteiger partial charge in [-0.15, -0.1) is 11.3 Å². The van der Waals surface area contributed by atoms with Gasteiger partial charge < -0.3 is 14.5 Å². The van der Waals surface area contributed by atoms with Gasteiger partial charge in [0.2, 0.25) is 5.91 Å². The van der Waals surface area contributed by atoms with Crippen molar-refractivity contribution in [2.75, 3.05) is 6.61 Å². The van der Waals surface area contributed by atoms with Gasteiger partial charge in [0.05, 0.1) is 19.4 Å². The number of nitrogens with one attached hydrogen (secondary N) is 1. The third kappa shape index (κ3) is 4.70. The lowest BCUT2D eigenvalue weighted by Crippen LogP contribution is -2.20. The van der Waals surface area contributed by atoms with Gasteiger partial charge in [-0.25, -0.2) is 4.39 Å². The summed E-state index contributed by atoms with van der Waals surface area (Å²) >= 11 is 1.60. The molecular formula is C25H22FNO3S. The maximum Gasteiger partial charge on any atom is 0.244 e. The van der Waals surface area contributed by atoms with Gasteiger partial charge in [0, 0.05) is 33.5 Å². The Morgan fingerprint density at radius 1 is 1.23 bits per heavy atom. The fourth-order valence-electron chi connectivity index (χ4n) is 3.40. The summed E-state index contributed by atoms with van der Waals surface area (Å²) in [6.07, 6.45) is 3.24. The van der Waals surface area contributed by atoms with Gasteiger partial charge in [-0.2, -0.15) is 0 Å². The summed E-state index contributed by atoms with van der Waals surface area (Å²) in [4.78, 5) is 13.5. The molecule has 2 aromatic heterocycles. The first kappa shape index (κ1) is 20.9. The number of carbonyl (C=O) groups is 1. The van der Waals surface area contributed by atoms with Crippen molar-refractivity contribution in [2.45, 2.75) is 20.4 Å². The van der Waals surface area contributed by atoms with Crippen LogP contribution in [0.3, 0.4) is 0 Å². The van der Waals surface area contributed by atoms with E-state index in [9.17, 15) is 9.18 Å². The summed E-state index contributed by atoms with van der Waals surface area (Å²) in [5.41, 5.74) is 3.96. The Hall–Kier alpha value is -3.38. The van der Waals surface area contributed by atoms with Crippen LogP contribution < -0.4 is 10.1 Å². The molecule has 4 rings (SSSR count). The number of benzene rings is 2. The Morgan fingerprint density at radius 3 is 2.74 bits per heavy atom. The van der Waals surface area contributed by atoms with Crippen LogP contribution in [0, 0.1) is 5.82 Å². The average Bonchev–Trinajstić information content (AvgIpc) is 3.42. The van der Waals surface area contributed by atoms with Crippen LogP contribution in [0.2, 0.25) is 0 Å². The predicted octanol–water partition coefficient (Wildman–Crippen LogP) is 6.42. The van der Waals surface area contributed by atoms with Crippen LogP contribution in [0.4, 0.5) is 4.39 Å². The molecule has 0 aliphatic rings. The molecule has 0 radical (unpaired) electrons. The average molecular weight is 436 g/mol. The molecule has 0 spiro atoms. The number of hydrogen-bond acceptors (Lipinski definition) is 4. The van der Waals surface area contributed by atoms with Crippen LogP contribution in [0.1, 0.15) is 24.3 Å². The highest BCUT2D eigenvalue weighted by molar-refractivity contribution is 7.09. The van der Waals surface area contributed by atoms with Crippen LogP contribution in [0.15, 0.2) is 70.7 Å². The molecule has 0 saturated carbocycles. The van der Waals surface area contributed by atoms with E-state index >= 15 is 0 Å². The molecule has 1 amide bonds. The Morgan fingerprint density at radius 2 is 2.03 bits per heavy atom. The minimum absolute atomic E-state index is 0.167. The van der Waals surface area contributed by atoms with Crippen molar-refractivity contribution in [1.82, 2.24) is 5.32 Å². The lowest BCUT2D eigenvalue weighted by Gasteiger charge is -2.12. The standard InChI is InChI=1S/C25H22FNO3S/c1-3-29-23-13-24-21(22(15-30-24)17-6-8-18(26)9-7-17)12-20(23)16(2)11-25(28)27-14-19-5-4-10-31-19/h4-13,15H,3,14H2,1-2H3,(H,27,28)/b16-11+. The molecule has 31 heavy (non-hydrogen) atoms. The van der Waals surface area contributed by atoms with E-state index in [1.165, 1.54) is 12.1 Å². The van der Waals surface area contributed by atoms with Gasteiger partial charge in [0.25, 0.3) is 0 Å². The smallest absolute Gasteiger partial charge is 0.244 e. The van der Waals surface area contributed by atoms with Crippen LogP contribution >= 0.6 is 11.3 Å². The zero-order chi connectivity index (χ0) is 21.8. The summed E-state index contributed by atoms with van der Waals surface area (Å²) in [5, 5.41) is 5.77. The Bertz CT molecular complexity index is 1220. The molecule has 0 bridgehead atoms. The van der Waals surface area contributed by atoms with E-state index in [0.29, 0.717) is 24.5 Å². The molecule has 2 aromatic carbocycles. The van der Waals surface area contributed by atoms with E-state index in [-0.39, 0.29) is 11.7 Å². The summed E-state index contributed by atoms with van der Waals surface area (Å²) in [5.74, 6) is 0.192. The van der Waals surface area contributed by atoms with E-state index in [4.69, 9.17) is 9.15 Å². The molecule has 1 N–H and O–H groups in total. The number of amides is 1. The maximum absolute atomic E-state index is 13.3. The molecule has 0 unspecified atom stereocenters. The Balaban J connectivity index is 1.68. The molecule has 0 saturated heterocycles. The molecule has 0 atom stereocenters. The number of rotatable bonds is 7. The van der Waals surface area contributed by atoms with Crippen molar-refractivity contribution in [3.63, 3.8) is 0 Å². The highest BCUT2D eigenvalue weighted by atomic mass is 32.1. The maximum atomic E-state index is 13.3. The summed E-state index contributed by atoms with van der Waals surface area (Å²) in [7, 11) is 0. The van der Waals surface area contributed by atoms with Gasteiger partial charge in [0.1, 0.15) is 17.1 Å². The fourth-order valence-corrected chi connectivity index (χ4v) is 4.05. The van der Waals surface area contributed by atoms with Gasteiger partial charge in [-0.1, -0.05) is 18.2 Å². The number of hydrogen-bond donors (Lipinski definition) is 1. The second-order valence-corrected chi connectivity index (χ2v) is 8.09. The molecule has 0 aliphatic heterocycles. The summed E-state index contributed by atoms with van der Waals surface area (Å²) in [6.45, 7) is 4.77. The third-order valence-corrected chi connectivity index (χ3v) is 5.80. The largest absolute Gasteiger partial charge is 0.493 e. The van der Waals surface area contributed by atoms with E-state index < -0.39 is 0 Å². The topological polar surface area (TPSA) is 51.5 Å². The van der Waals surface area contributed by atoms with Crippen molar-refractivity contribution >= 4 is 33.8 Å². The Kier molecular flexibility index (Phi) is 6.18. The lowest BCUT2D eigenvalue weighted by atomic mass is 9.99. The minimum atomic E-state index is -0.289. The van der Waals surface area contributed by atoms with Gasteiger partial charge in [-0.3, -0.25) is 4.79 Å². The minimum Gasteiger partial charge on any atom is -0.493 e. The molecule has 4 nitrogen and oxygen atoms in total. The summed E-state index contributed by atoms with van der Waals surface area (Å²) < 4.78 is 24.9. The lowest BCUT2D eigenvalue weighted by molar-refractivity contribution is -0.116. The van der Waals surface area contributed by atoms with Crippen LogP contribution in [0.5, 0.6) is 5.75 Å². The fraction of sp³-hybridized carbons (Fsp3) is 0.160. The second-order valence-electron chi connectivity index (χ2n) is 7.06. The number of carbonyl (C=O) groups excluding carboxylic acids is 1. The van der Waals surface area contributed by atoms with Crippen LogP contribution in [0.25, 0.3) is 27.7 Å². The van der Waals surface area contributed by atoms with Gasteiger partial charge in [0.15, 0.2) is 0 Å². The number of fused-ring (bicyclic) bond motifs is 1. The van der Waals surface area contributed by atoms with Crippen molar-refractivity contribution in [2.24, 2.45) is 0 Å². The molecule has 4 aromatic rings. The van der Waals surface area contributed by atoms with Crippen molar-refractivity contribution in [3.05, 3.63) is 82.5 Å². The van der Waals surface area contributed by atoms with E-state index in [0.717, 1.165) is 32.5 Å². The van der Waals surface area contributed by atoms with Gasteiger partial charge >= 0.3 is 0 Å². The van der Waals surface area contributed by atoms with Crippen LogP contribution in [-0.4, -0.2) is 12.5 Å². The van der Waals surface area contributed by atoms with E-state index in [2.05, 4.69) is 5.32 Å². The van der Waals surface area contributed by atoms with E-state index in [1.54, 1.807) is 35.8 Å². The normalized spacial score (nSPS) is 11.6. The number of allylic oxidation sites excluding steroid dienone is 1. The number of furan rings is 1. The zero-order valence-electron chi connectivity index (χ0n) is 17.3. The molecule has 158 valence electrons. The van der Waals surface area contributed by atoms with Gasteiger partial charge in [-0.05, 0) is 54.6 Å². The first-order chi connectivity index (χ1) is 15.0. The van der Waals surface area contributed by atoms with Crippen molar-refractivity contribution in [3.8, 4) is 16.9 Å². The van der Waals surface area contributed by atoms with Crippen LogP contribution in [-0.2, 0) is 11.3 Å².